The summed E-state index contributed by atoms with van der Waals surface area (Å²) in [6.07, 6.45) is 5.19. The largest absolute Gasteiger partial charge is 0.489 e. The maximum atomic E-state index is 5.89. The van der Waals surface area contributed by atoms with Crippen molar-refractivity contribution < 1.29 is 4.74 Å². The smallest absolute Gasteiger partial charge is 0.119 e. The van der Waals surface area contributed by atoms with Gasteiger partial charge >= 0.3 is 0 Å². The zero-order valence-corrected chi connectivity index (χ0v) is 9.12. The molecule has 2 atom stereocenters. The van der Waals surface area contributed by atoms with E-state index in [1.807, 2.05) is 30.3 Å². The molecular weight excluding hydrogens is 192 g/mol. The molecule has 0 aromatic heterocycles. The number of hydrogen-bond acceptors (Lipinski definition) is 2. The Balaban J connectivity index is 1.96. The molecule has 0 amide bonds. The van der Waals surface area contributed by atoms with Crippen LogP contribution in [0.4, 0.5) is 0 Å². The van der Waals surface area contributed by atoms with Crippen molar-refractivity contribution >= 4 is 12.6 Å². The molecule has 1 fully saturated rings. The van der Waals surface area contributed by atoms with Gasteiger partial charge in [-0.3, -0.25) is 0 Å². The maximum Gasteiger partial charge on any atom is 0.119 e. The van der Waals surface area contributed by atoms with Crippen molar-refractivity contribution in [2.24, 2.45) is 0 Å². The van der Waals surface area contributed by atoms with Crippen LogP contribution in [-0.2, 0) is 0 Å². The average Bonchev–Trinajstić information content (AvgIpc) is 2.23. The third kappa shape index (κ3) is 2.44. The molecule has 1 nitrogen and oxygen atoms in total. The Hall–Kier alpha value is -0.630. The molecule has 1 aliphatic rings. The van der Waals surface area contributed by atoms with Gasteiger partial charge in [-0.15, -0.1) is 0 Å². The average molecular weight is 208 g/mol. The van der Waals surface area contributed by atoms with Gasteiger partial charge in [-0.05, 0) is 31.4 Å². The lowest BCUT2D eigenvalue weighted by atomic mass is 9.97. The Morgan fingerprint density at radius 2 is 1.79 bits per heavy atom. The third-order valence-electron chi connectivity index (χ3n) is 2.70. The molecule has 0 N–H and O–H groups in total. The van der Waals surface area contributed by atoms with E-state index in [0.717, 1.165) is 12.2 Å². The van der Waals surface area contributed by atoms with Gasteiger partial charge in [-0.25, -0.2) is 0 Å². The quantitative estimate of drug-likeness (QED) is 0.734. The highest BCUT2D eigenvalue weighted by atomic mass is 32.1. The number of ether oxygens (including phenoxy) is 1. The first-order valence-corrected chi connectivity index (χ1v) is 5.77. The van der Waals surface area contributed by atoms with Gasteiger partial charge in [0.25, 0.3) is 0 Å². The molecule has 0 bridgehead atoms. The summed E-state index contributed by atoms with van der Waals surface area (Å²) in [6, 6.07) is 10.0. The molecule has 14 heavy (non-hydrogen) atoms. The predicted molar refractivity (Wildman–Crippen MR) is 62.1 cm³/mol. The molecule has 0 spiro atoms. The standard InChI is InChI=1S/C12H16OS/c14-12-9-5-4-8-11(12)13-10-6-2-1-3-7-10/h1-3,6-7,11-12,14H,4-5,8-9H2. The molecule has 0 aliphatic heterocycles. The fourth-order valence-electron chi connectivity index (χ4n) is 1.89. The van der Waals surface area contributed by atoms with Crippen molar-refractivity contribution in [3.05, 3.63) is 30.3 Å². The highest BCUT2D eigenvalue weighted by Gasteiger charge is 2.23. The van der Waals surface area contributed by atoms with Gasteiger partial charge in [-0.1, -0.05) is 24.6 Å². The van der Waals surface area contributed by atoms with E-state index < -0.39 is 0 Å². The monoisotopic (exact) mass is 208 g/mol. The van der Waals surface area contributed by atoms with Crippen molar-refractivity contribution in [1.82, 2.24) is 0 Å². The van der Waals surface area contributed by atoms with Crippen molar-refractivity contribution in [2.45, 2.75) is 37.0 Å². The third-order valence-corrected chi connectivity index (χ3v) is 3.29. The van der Waals surface area contributed by atoms with Crippen LogP contribution >= 0.6 is 12.6 Å². The number of thiol groups is 1. The molecule has 1 aromatic rings. The van der Waals surface area contributed by atoms with Gasteiger partial charge in [0.1, 0.15) is 11.9 Å². The van der Waals surface area contributed by atoms with E-state index in [4.69, 9.17) is 4.74 Å². The minimum atomic E-state index is 0.300. The van der Waals surface area contributed by atoms with Crippen molar-refractivity contribution in [3.8, 4) is 5.75 Å². The second-order valence-electron chi connectivity index (χ2n) is 3.82. The molecule has 2 heteroatoms. The van der Waals surface area contributed by atoms with Gasteiger partial charge in [0.05, 0.1) is 0 Å². The molecule has 2 rings (SSSR count). The van der Waals surface area contributed by atoms with Gasteiger partial charge in [0, 0.05) is 5.25 Å². The van der Waals surface area contributed by atoms with Crippen LogP contribution in [0.2, 0.25) is 0 Å². The first kappa shape index (κ1) is 9.91. The second-order valence-corrected chi connectivity index (χ2v) is 4.48. The van der Waals surface area contributed by atoms with Gasteiger partial charge in [-0.2, -0.15) is 12.6 Å². The van der Waals surface area contributed by atoms with Crippen LogP contribution in [0, 0.1) is 0 Å². The normalized spacial score (nSPS) is 27.2. The number of hydrogen-bond donors (Lipinski definition) is 1. The predicted octanol–water partition coefficient (Wildman–Crippen LogP) is 3.31. The van der Waals surface area contributed by atoms with E-state index >= 15 is 0 Å². The molecular formula is C12H16OS. The lowest BCUT2D eigenvalue weighted by Gasteiger charge is -2.28. The molecule has 76 valence electrons. The van der Waals surface area contributed by atoms with Crippen LogP contribution in [0.5, 0.6) is 5.75 Å². The summed E-state index contributed by atoms with van der Waals surface area (Å²) < 4.78 is 5.89. The molecule has 1 aliphatic carbocycles. The Morgan fingerprint density at radius 3 is 2.50 bits per heavy atom. The summed E-state index contributed by atoms with van der Waals surface area (Å²) in [5, 5.41) is 0.406. The summed E-state index contributed by atoms with van der Waals surface area (Å²) in [7, 11) is 0. The molecule has 1 aromatic carbocycles. The number of para-hydroxylation sites is 1. The number of rotatable bonds is 2. The minimum Gasteiger partial charge on any atom is -0.489 e. The van der Waals surface area contributed by atoms with Gasteiger partial charge < -0.3 is 4.74 Å². The zero-order chi connectivity index (χ0) is 9.80. The Bertz CT molecular complexity index is 273. The molecule has 2 unspecified atom stereocenters. The second kappa shape index (κ2) is 4.74. The van der Waals surface area contributed by atoms with E-state index in [1.165, 1.54) is 19.3 Å². The highest BCUT2D eigenvalue weighted by Crippen LogP contribution is 2.26. The molecule has 1 saturated carbocycles. The van der Waals surface area contributed by atoms with Crippen LogP contribution in [0.1, 0.15) is 25.7 Å². The topological polar surface area (TPSA) is 9.23 Å². The van der Waals surface area contributed by atoms with Crippen molar-refractivity contribution in [3.63, 3.8) is 0 Å². The van der Waals surface area contributed by atoms with Gasteiger partial charge in [0.2, 0.25) is 0 Å². The van der Waals surface area contributed by atoms with E-state index in [0.29, 0.717) is 11.4 Å². The minimum absolute atomic E-state index is 0.300. The van der Waals surface area contributed by atoms with Crippen LogP contribution in [0.25, 0.3) is 0 Å². The van der Waals surface area contributed by atoms with Crippen LogP contribution in [0.15, 0.2) is 30.3 Å². The Kier molecular flexibility index (Phi) is 3.35. The molecule has 0 saturated heterocycles. The zero-order valence-electron chi connectivity index (χ0n) is 8.23. The van der Waals surface area contributed by atoms with E-state index in [9.17, 15) is 0 Å². The maximum absolute atomic E-state index is 5.89. The first-order chi connectivity index (χ1) is 6.86. The molecule has 0 radical (unpaired) electrons. The van der Waals surface area contributed by atoms with Gasteiger partial charge in [0.15, 0.2) is 0 Å². The highest BCUT2D eigenvalue weighted by molar-refractivity contribution is 7.81. The summed E-state index contributed by atoms with van der Waals surface area (Å²) >= 11 is 4.56. The SMILES string of the molecule is SC1CCCCC1Oc1ccccc1. The summed E-state index contributed by atoms with van der Waals surface area (Å²) in [5.74, 6) is 0.971. The van der Waals surface area contributed by atoms with Crippen molar-refractivity contribution in [1.29, 1.82) is 0 Å². The molecule has 0 heterocycles. The van der Waals surface area contributed by atoms with Crippen LogP contribution in [0.3, 0.4) is 0 Å². The lowest BCUT2D eigenvalue weighted by molar-refractivity contribution is 0.162. The van der Waals surface area contributed by atoms with Crippen LogP contribution in [-0.4, -0.2) is 11.4 Å². The Morgan fingerprint density at radius 1 is 1.07 bits per heavy atom. The number of benzene rings is 1. The summed E-state index contributed by atoms with van der Waals surface area (Å²) in [4.78, 5) is 0. The van der Waals surface area contributed by atoms with Crippen LogP contribution < -0.4 is 4.74 Å². The fourth-order valence-corrected chi connectivity index (χ4v) is 2.28. The Labute approximate surface area is 90.9 Å². The van der Waals surface area contributed by atoms with E-state index in [2.05, 4.69) is 12.6 Å². The first-order valence-electron chi connectivity index (χ1n) is 5.26. The van der Waals surface area contributed by atoms with E-state index in [1.54, 1.807) is 0 Å². The summed E-state index contributed by atoms with van der Waals surface area (Å²) in [5.41, 5.74) is 0. The lowest BCUT2D eigenvalue weighted by Crippen LogP contribution is -2.30. The summed E-state index contributed by atoms with van der Waals surface area (Å²) in [6.45, 7) is 0. The fraction of sp³-hybridized carbons (Fsp3) is 0.500. The van der Waals surface area contributed by atoms with Crippen molar-refractivity contribution in [2.75, 3.05) is 0 Å². The van der Waals surface area contributed by atoms with E-state index in [-0.39, 0.29) is 0 Å².